The average molecular weight is 383 g/mol. The smallest absolute Gasteiger partial charge is 0.253 e. The second kappa shape index (κ2) is 10.1. The minimum atomic E-state index is -0.532. The van der Waals surface area contributed by atoms with E-state index in [1.807, 2.05) is 6.26 Å². The van der Waals surface area contributed by atoms with Crippen molar-refractivity contribution in [2.75, 3.05) is 12.0 Å². The van der Waals surface area contributed by atoms with E-state index in [4.69, 9.17) is 11.6 Å². The highest BCUT2D eigenvalue weighted by Gasteiger charge is 2.26. The number of thioether (sulfide) groups is 1. The second-order valence-corrected chi connectivity index (χ2v) is 8.15. The van der Waals surface area contributed by atoms with Gasteiger partial charge in [0.2, 0.25) is 5.91 Å². The maximum Gasteiger partial charge on any atom is 0.253 e. The lowest BCUT2D eigenvalue weighted by Crippen LogP contribution is -2.50. The summed E-state index contributed by atoms with van der Waals surface area (Å²) in [7, 11) is 0. The van der Waals surface area contributed by atoms with Gasteiger partial charge in [0.25, 0.3) is 5.91 Å². The van der Waals surface area contributed by atoms with Gasteiger partial charge in [0.1, 0.15) is 6.04 Å². The normalized spacial score (nSPS) is 21.4. The predicted molar refractivity (Wildman–Crippen MR) is 105 cm³/mol. The summed E-state index contributed by atoms with van der Waals surface area (Å²) in [5, 5.41) is 6.38. The lowest BCUT2D eigenvalue weighted by molar-refractivity contribution is -0.124. The molecule has 1 unspecified atom stereocenters. The Labute approximate surface area is 159 Å². The molecule has 1 fully saturated rings. The summed E-state index contributed by atoms with van der Waals surface area (Å²) in [4.78, 5) is 25.2. The van der Waals surface area contributed by atoms with Crippen molar-refractivity contribution in [3.63, 3.8) is 0 Å². The SMILES string of the molecule is CSCCC(NC(=O)c1ccccc1Cl)C(=O)NC1CCC(C)CC1. The van der Waals surface area contributed by atoms with E-state index in [0.29, 0.717) is 17.0 Å². The number of nitrogens with one attached hydrogen (secondary N) is 2. The summed E-state index contributed by atoms with van der Waals surface area (Å²) in [6, 6.07) is 6.58. The van der Waals surface area contributed by atoms with Gasteiger partial charge in [-0.15, -0.1) is 0 Å². The average Bonchev–Trinajstić information content (AvgIpc) is 2.60. The maximum absolute atomic E-state index is 12.7. The Morgan fingerprint density at radius 3 is 2.56 bits per heavy atom. The fourth-order valence-electron chi connectivity index (χ4n) is 3.09. The topological polar surface area (TPSA) is 58.2 Å². The summed E-state index contributed by atoms with van der Waals surface area (Å²) in [6.07, 6.45) is 6.92. The van der Waals surface area contributed by atoms with Crippen molar-refractivity contribution < 1.29 is 9.59 Å². The molecule has 0 heterocycles. The maximum atomic E-state index is 12.7. The van der Waals surface area contributed by atoms with Crippen LogP contribution in [0.1, 0.15) is 49.4 Å². The highest BCUT2D eigenvalue weighted by Crippen LogP contribution is 2.23. The van der Waals surface area contributed by atoms with E-state index in [-0.39, 0.29) is 17.9 Å². The van der Waals surface area contributed by atoms with Gasteiger partial charge in [-0.2, -0.15) is 11.8 Å². The quantitative estimate of drug-likeness (QED) is 0.752. The predicted octanol–water partition coefficient (Wildman–Crippen LogP) is 3.89. The largest absolute Gasteiger partial charge is 0.352 e. The molecular weight excluding hydrogens is 356 g/mol. The highest BCUT2D eigenvalue weighted by molar-refractivity contribution is 7.98. The molecule has 1 atom stereocenters. The molecule has 1 aromatic carbocycles. The molecule has 0 bridgehead atoms. The van der Waals surface area contributed by atoms with Crippen LogP contribution in [0.4, 0.5) is 0 Å². The minimum absolute atomic E-state index is 0.0889. The molecule has 2 rings (SSSR count). The fraction of sp³-hybridized carbons (Fsp3) is 0.579. The van der Waals surface area contributed by atoms with Crippen LogP contribution in [0.2, 0.25) is 5.02 Å². The summed E-state index contributed by atoms with van der Waals surface area (Å²) in [5.74, 6) is 1.15. The van der Waals surface area contributed by atoms with Crippen LogP contribution in [-0.4, -0.2) is 35.9 Å². The number of hydrogen-bond acceptors (Lipinski definition) is 3. The molecular formula is C19H27ClN2O2S. The van der Waals surface area contributed by atoms with E-state index >= 15 is 0 Å². The first-order valence-electron chi connectivity index (χ1n) is 8.86. The highest BCUT2D eigenvalue weighted by atomic mass is 35.5. The Balaban J connectivity index is 1.98. The third-order valence-electron chi connectivity index (χ3n) is 4.71. The number of amides is 2. The van der Waals surface area contributed by atoms with Gasteiger partial charge in [-0.25, -0.2) is 0 Å². The van der Waals surface area contributed by atoms with E-state index in [1.54, 1.807) is 36.0 Å². The van der Waals surface area contributed by atoms with Crippen LogP contribution >= 0.6 is 23.4 Å². The number of halogens is 1. The van der Waals surface area contributed by atoms with Crippen LogP contribution in [0.5, 0.6) is 0 Å². The molecule has 1 aromatic rings. The first-order valence-corrected chi connectivity index (χ1v) is 10.6. The van der Waals surface area contributed by atoms with Gasteiger partial charge in [-0.05, 0) is 62.2 Å². The fourth-order valence-corrected chi connectivity index (χ4v) is 3.79. The van der Waals surface area contributed by atoms with Crippen molar-refractivity contribution in [1.29, 1.82) is 0 Å². The molecule has 0 aromatic heterocycles. The number of rotatable bonds is 7. The van der Waals surface area contributed by atoms with Crippen LogP contribution in [0.25, 0.3) is 0 Å². The third kappa shape index (κ3) is 6.23. The first-order chi connectivity index (χ1) is 12.0. The zero-order valence-corrected chi connectivity index (χ0v) is 16.5. The second-order valence-electron chi connectivity index (χ2n) is 6.75. The molecule has 2 N–H and O–H groups in total. The zero-order chi connectivity index (χ0) is 18.2. The Bertz CT molecular complexity index is 589. The van der Waals surface area contributed by atoms with Crippen molar-refractivity contribution >= 4 is 35.2 Å². The first kappa shape index (κ1) is 20.1. The van der Waals surface area contributed by atoms with Crippen LogP contribution < -0.4 is 10.6 Å². The monoisotopic (exact) mass is 382 g/mol. The molecule has 138 valence electrons. The van der Waals surface area contributed by atoms with Gasteiger partial charge >= 0.3 is 0 Å². The minimum Gasteiger partial charge on any atom is -0.352 e. The van der Waals surface area contributed by atoms with E-state index < -0.39 is 6.04 Å². The molecule has 0 spiro atoms. The lowest BCUT2D eigenvalue weighted by atomic mass is 9.87. The van der Waals surface area contributed by atoms with Crippen molar-refractivity contribution in [2.45, 2.75) is 51.1 Å². The summed E-state index contributed by atoms with van der Waals surface area (Å²) >= 11 is 7.75. The van der Waals surface area contributed by atoms with Gasteiger partial charge in [0.15, 0.2) is 0 Å². The number of carbonyl (C=O) groups excluding carboxylic acids is 2. The van der Waals surface area contributed by atoms with Crippen molar-refractivity contribution in [3.05, 3.63) is 34.9 Å². The Morgan fingerprint density at radius 2 is 1.92 bits per heavy atom. The molecule has 2 amide bonds. The standard InChI is InChI=1S/C19H27ClN2O2S/c1-13-7-9-14(10-8-13)21-19(24)17(11-12-25-2)22-18(23)15-5-3-4-6-16(15)20/h3-6,13-14,17H,7-12H2,1-2H3,(H,21,24)(H,22,23). The molecule has 4 nitrogen and oxygen atoms in total. The molecule has 1 saturated carbocycles. The van der Waals surface area contributed by atoms with E-state index in [1.165, 1.54) is 0 Å². The molecule has 0 saturated heterocycles. The van der Waals surface area contributed by atoms with Gasteiger partial charge in [-0.1, -0.05) is 30.7 Å². The summed E-state index contributed by atoms with van der Waals surface area (Å²) in [6.45, 7) is 2.25. The lowest BCUT2D eigenvalue weighted by Gasteiger charge is -2.28. The van der Waals surface area contributed by atoms with Gasteiger partial charge in [0.05, 0.1) is 10.6 Å². The van der Waals surface area contributed by atoms with Crippen LogP contribution in [0.15, 0.2) is 24.3 Å². The summed E-state index contributed by atoms with van der Waals surface area (Å²) in [5.41, 5.74) is 0.401. The number of hydrogen-bond donors (Lipinski definition) is 2. The Morgan fingerprint density at radius 1 is 1.24 bits per heavy atom. The zero-order valence-electron chi connectivity index (χ0n) is 14.9. The van der Waals surface area contributed by atoms with Gasteiger partial charge in [0, 0.05) is 6.04 Å². The third-order valence-corrected chi connectivity index (χ3v) is 5.69. The van der Waals surface area contributed by atoms with E-state index in [2.05, 4.69) is 17.6 Å². The van der Waals surface area contributed by atoms with Gasteiger partial charge < -0.3 is 10.6 Å². The molecule has 25 heavy (non-hydrogen) atoms. The summed E-state index contributed by atoms with van der Waals surface area (Å²) < 4.78 is 0. The Hall–Kier alpha value is -1.20. The van der Waals surface area contributed by atoms with Crippen molar-refractivity contribution in [3.8, 4) is 0 Å². The van der Waals surface area contributed by atoms with Crippen molar-refractivity contribution in [1.82, 2.24) is 10.6 Å². The molecule has 1 aliphatic rings. The molecule has 0 radical (unpaired) electrons. The van der Waals surface area contributed by atoms with Crippen LogP contribution in [0.3, 0.4) is 0 Å². The van der Waals surface area contributed by atoms with Gasteiger partial charge in [-0.3, -0.25) is 9.59 Å². The molecule has 1 aliphatic carbocycles. The van der Waals surface area contributed by atoms with E-state index in [0.717, 1.165) is 37.4 Å². The Kier molecular flexibility index (Phi) is 8.10. The number of benzene rings is 1. The van der Waals surface area contributed by atoms with E-state index in [9.17, 15) is 9.59 Å². The molecule has 6 heteroatoms. The number of carbonyl (C=O) groups is 2. The van der Waals surface area contributed by atoms with Crippen LogP contribution in [0, 0.1) is 5.92 Å². The van der Waals surface area contributed by atoms with Crippen LogP contribution in [-0.2, 0) is 4.79 Å². The molecule has 0 aliphatic heterocycles. The van der Waals surface area contributed by atoms with Crippen molar-refractivity contribution in [2.24, 2.45) is 5.92 Å².